The minimum Gasteiger partial charge on any atom is -0.250 e. The van der Waals surface area contributed by atoms with Crippen LogP contribution in [0.1, 0.15) is 5.69 Å². The van der Waals surface area contributed by atoms with Crippen LogP contribution in [-0.2, 0) is 7.05 Å². The minimum atomic E-state index is -0.282. The van der Waals surface area contributed by atoms with E-state index in [1.807, 2.05) is 20.2 Å². The fourth-order valence-corrected chi connectivity index (χ4v) is 1.98. The number of halogens is 1. The molecule has 2 aromatic rings. The van der Waals surface area contributed by atoms with Crippen molar-refractivity contribution in [2.75, 3.05) is 0 Å². The molecule has 13 heavy (non-hydrogen) atoms. The van der Waals surface area contributed by atoms with Crippen LogP contribution < -0.4 is 0 Å². The average molecular weight is 288 g/mol. The Bertz CT molecular complexity index is 474. The van der Waals surface area contributed by atoms with Crippen molar-refractivity contribution in [3.63, 3.8) is 0 Å². The Labute approximate surface area is 85.7 Å². The van der Waals surface area contributed by atoms with Crippen LogP contribution in [0.15, 0.2) is 6.20 Å². The SMILES string of the molecule is C=Ic1ncc2c(C)nn(C)c2n1. The lowest BCUT2D eigenvalue weighted by atomic mass is 10.3. The molecule has 2 heterocycles. The van der Waals surface area contributed by atoms with Gasteiger partial charge in [-0.25, -0.2) is 9.97 Å². The summed E-state index contributed by atoms with van der Waals surface area (Å²) in [6, 6.07) is 0. The van der Waals surface area contributed by atoms with Gasteiger partial charge in [-0.1, -0.05) is 25.2 Å². The van der Waals surface area contributed by atoms with E-state index in [-0.39, 0.29) is 20.7 Å². The number of hydrogen-bond donors (Lipinski definition) is 0. The van der Waals surface area contributed by atoms with Crippen molar-refractivity contribution >= 4 is 36.3 Å². The monoisotopic (exact) mass is 288 g/mol. The Kier molecular flexibility index (Phi) is 2.10. The number of nitrogens with zero attached hydrogens (tertiary/aromatic N) is 4. The Morgan fingerprint density at radius 2 is 2.31 bits per heavy atom. The lowest BCUT2D eigenvalue weighted by molar-refractivity contribution is 0.771. The van der Waals surface area contributed by atoms with E-state index in [9.17, 15) is 0 Å². The number of rotatable bonds is 1. The molecule has 0 aromatic carbocycles. The number of fused-ring (bicyclic) bond motifs is 1. The summed E-state index contributed by atoms with van der Waals surface area (Å²) in [6.07, 6.45) is 1.84. The fourth-order valence-electron chi connectivity index (χ4n) is 1.24. The van der Waals surface area contributed by atoms with Crippen LogP contribution in [0.2, 0.25) is 0 Å². The van der Waals surface area contributed by atoms with Crippen LogP contribution in [0.4, 0.5) is 0 Å². The predicted octanol–water partition coefficient (Wildman–Crippen LogP) is 1.24. The average Bonchev–Trinajstić information content (AvgIpc) is 2.42. The Balaban J connectivity index is 2.83. The normalized spacial score (nSPS) is 10.9. The van der Waals surface area contributed by atoms with Crippen LogP contribution in [0.5, 0.6) is 0 Å². The van der Waals surface area contributed by atoms with Gasteiger partial charge in [0.25, 0.3) is 0 Å². The highest BCUT2D eigenvalue weighted by molar-refractivity contribution is 14.2. The molecule has 0 fully saturated rings. The van der Waals surface area contributed by atoms with E-state index in [4.69, 9.17) is 0 Å². The molecule has 0 aliphatic rings. The predicted molar refractivity (Wildman–Crippen MR) is 60.9 cm³/mol. The van der Waals surface area contributed by atoms with Gasteiger partial charge < -0.3 is 0 Å². The van der Waals surface area contributed by atoms with Crippen LogP contribution in [0, 0.1) is 10.8 Å². The molecular formula is C8H9IN4. The highest BCUT2D eigenvalue weighted by atomic mass is 127. The quantitative estimate of drug-likeness (QED) is 0.586. The zero-order chi connectivity index (χ0) is 9.42. The summed E-state index contributed by atoms with van der Waals surface area (Å²) in [6.45, 7) is 1.96. The van der Waals surface area contributed by atoms with Crippen molar-refractivity contribution < 1.29 is 0 Å². The summed E-state index contributed by atoms with van der Waals surface area (Å²) in [5, 5.41) is 5.30. The van der Waals surface area contributed by atoms with Crippen LogP contribution >= 0.6 is 20.7 Å². The van der Waals surface area contributed by atoms with Crippen LogP contribution in [-0.4, -0.2) is 24.3 Å². The molecule has 0 unspecified atom stereocenters. The third-order valence-corrected chi connectivity index (χ3v) is 3.06. The molecule has 0 bridgehead atoms. The molecule has 4 nitrogen and oxygen atoms in total. The molecular weight excluding hydrogens is 279 g/mol. The molecule has 0 aliphatic heterocycles. The summed E-state index contributed by atoms with van der Waals surface area (Å²) >= 11 is -0.282. The minimum absolute atomic E-state index is 0.282. The zero-order valence-electron chi connectivity index (χ0n) is 7.45. The molecule has 0 N–H and O–H groups in total. The van der Waals surface area contributed by atoms with Gasteiger partial charge in [0.2, 0.25) is 0 Å². The van der Waals surface area contributed by atoms with Crippen LogP contribution in [0.25, 0.3) is 11.0 Å². The summed E-state index contributed by atoms with van der Waals surface area (Å²) in [5.74, 6) is 0. The summed E-state index contributed by atoms with van der Waals surface area (Å²) in [4.78, 5) is 8.61. The van der Waals surface area contributed by atoms with Gasteiger partial charge in [-0.05, 0) is 6.92 Å². The molecule has 0 spiro atoms. The molecule has 68 valence electrons. The van der Waals surface area contributed by atoms with Gasteiger partial charge >= 0.3 is 0 Å². The number of aryl methyl sites for hydroxylation is 2. The second-order valence-electron chi connectivity index (χ2n) is 2.72. The maximum atomic E-state index is 4.39. The molecule has 2 aromatic heterocycles. The standard InChI is InChI=1S/C8H9IN4/c1-5-6-4-10-8(9-2)11-7(6)13(3)12-5/h4H,2H2,1,3H3. The molecule has 2 rings (SSSR count). The molecule has 0 aliphatic carbocycles. The van der Waals surface area contributed by atoms with E-state index in [1.54, 1.807) is 4.68 Å². The fraction of sp³-hybridized carbons (Fsp3) is 0.250. The van der Waals surface area contributed by atoms with E-state index < -0.39 is 0 Å². The molecule has 5 heteroatoms. The first kappa shape index (κ1) is 8.74. The van der Waals surface area contributed by atoms with Gasteiger partial charge in [0.1, 0.15) is 0 Å². The molecule has 0 saturated heterocycles. The van der Waals surface area contributed by atoms with Gasteiger partial charge in [0.05, 0.1) is 11.1 Å². The van der Waals surface area contributed by atoms with Gasteiger partial charge in [-0.3, -0.25) is 4.68 Å². The van der Waals surface area contributed by atoms with E-state index in [2.05, 4.69) is 19.6 Å². The Morgan fingerprint density at radius 3 is 3.00 bits per heavy atom. The highest BCUT2D eigenvalue weighted by Crippen LogP contribution is 2.15. The Hall–Kier alpha value is -0.850. The van der Waals surface area contributed by atoms with Crippen molar-refractivity contribution in [3.05, 3.63) is 15.7 Å². The largest absolute Gasteiger partial charge is 0.250 e. The second kappa shape index (κ2) is 3.13. The van der Waals surface area contributed by atoms with Gasteiger partial charge in [0.15, 0.2) is 9.48 Å². The first-order valence-corrected chi connectivity index (χ1v) is 6.37. The first-order chi connectivity index (χ1) is 6.22. The summed E-state index contributed by atoms with van der Waals surface area (Å²) in [5.41, 5.74) is 1.89. The van der Waals surface area contributed by atoms with Gasteiger partial charge in [0, 0.05) is 13.2 Å². The lowest BCUT2D eigenvalue weighted by Crippen LogP contribution is -1.94. The zero-order valence-corrected chi connectivity index (χ0v) is 9.61. The maximum Gasteiger partial charge on any atom is 0.186 e. The second-order valence-corrected chi connectivity index (χ2v) is 4.45. The smallest absolute Gasteiger partial charge is 0.186 e. The van der Waals surface area contributed by atoms with Crippen molar-refractivity contribution in [3.8, 4) is 0 Å². The lowest BCUT2D eigenvalue weighted by Gasteiger charge is -1.93. The van der Waals surface area contributed by atoms with E-state index in [0.717, 1.165) is 20.6 Å². The topological polar surface area (TPSA) is 43.6 Å². The molecule has 0 atom stereocenters. The van der Waals surface area contributed by atoms with Crippen LogP contribution in [0.3, 0.4) is 0 Å². The number of hydrogen-bond acceptors (Lipinski definition) is 3. The van der Waals surface area contributed by atoms with Gasteiger partial charge in [-0.15, -0.1) is 0 Å². The van der Waals surface area contributed by atoms with E-state index in [1.165, 1.54) is 0 Å². The van der Waals surface area contributed by atoms with Crippen molar-refractivity contribution in [1.82, 2.24) is 19.7 Å². The van der Waals surface area contributed by atoms with Gasteiger partial charge in [-0.2, -0.15) is 5.10 Å². The molecule has 0 saturated carbocycles. The van der Waals surface area contributed by atoms with Crippen molar-refractivity contribution in [1.29, 1.82) is 0 Å². The summed E-state index contributed by atoms with van der Waals surface area (Å²) < 4.78 is 6.51. The molecule has 0 radical (unpaired) electrons. The summed E-state index contributed by atoms with van der Waals surface area (Å²) in [7, 11) is 1.90. The molecule has 0 amide bonds. The third-order valence-electron chi connectivity index (χ3n) is 1.86. The van der Waals surface area contributed by atoms with E-state index >= 15 is 0 Å². The highest BCUT2D eigenvalue weighted by Gasteiger charge is 2.06. The van der Waals surface area contributed by atoms with Crippen molar-refractivity contribution in [2.45, 2.75) is 6.92 Å². The third kappa shape index (κ3) is 1.37. The van der Waals surface area contributed by atoms with E-state index in [0.29, 0.717) is 0 Å². The van der Waals surface area contributed by atoms with Crippen molar-refractivity contribution in [2.24, 2.45) is 7.05 Å². The first-order valence-electron chi connectivity index (χ1n) is 3.77. The number of aromatic nitrogens is 4. The Morgan fingerprint density at radius 1 is 1.54 bits per heavy atom. The maximum absolute atomic E-state index is 4.39.